The van der Waals surface area contributed by atoms with Crippen molar-refractivity contribution in [3.8, 4) is 11.7 Å². The Balaban J connectivity index is 1.70. The molecule has 20 heavy (non-hydrogen) atoms. The summed E-state index contributed by atoms with van der Waals surface area (Å²) < 4.78 is 10.3. The molecule has 0 aliphatic heterocycles. The maximum Gasteiger partial charge on any atom is 0.293 e. The molecule has 0 unspecified atom stereocenters. The Kier molecular flexibility index (Phi) is 3.66. The highest BCUT2D eigenvalue weighted by Crippen LogP contribution is 2.30. The molecule has 0 atom stereocenters. The van der Waals surface area contributed by atoms with Crippen molar-refractivity contribution in [3.63, 3.8) is 0 Å². The summed E-state index contributed by atoms with van der Waals surface area (Å²) in [5.41, 5.74) is 6.52. The third-order valence-corrected chi connectivity index (χ3v) is 3.85. The summed E-state index contributed by atoms with van der Waals surface area (Å²) in [4.78, 5) is 5.19. The van der Waals surface area contributed by atoms with E-state index in [0.717, 1.165) is 4.90 Å². The number of nitrogens with zero attached hydrogens (tertiary/aromatic N) is 2. The van der Waals surface area contributed by atoms with Crippen molar-refractivity contribution >= 4 is 29.1 Å². The van der Waals surface area contributed by atoms with E-state index in [0.29, 0.717) is 33.9 Å². The molecule has 2 heterocycles. The highest BCUT2D eigenvalue weighted by molar-refractivity contribution is 7.98. The van der Waals surface area contributed by atoms with Gasteiger partial charge in [0, 0.05) is 15.6 Å². The normalized spacial score (nSPS) is 10.8. The number of hydrogen-bond acceptors (Lipinski definition) is 6. The molecule has 3 rings (SSSR count). The van der Waals surface area contributed by atoms with E-state index in [4.69, 9.17) is 26.3 Å². The zero-order valence-electron chi connectivity index (χ0n) is 10.2. The smallest absolute Gasteiger partial charge is 0.293 e. The first-order valence-corrected chi connectivity index (χ1v) is 7.13. The Labute approximate surface area is 124 Å². The highest BCUT2D eigenvalue weighted by atomic mass is 35.5. The Morgan fingerprint density at radius 2 is 2.20 bits per heavy atom. The van der Waals surface area contributed by atoms with Gasteiger partial charge in [-0.3, -0.25) is 0 Å². The SMILES string of the molecule is Nc1cc(Cl)ccc1SCc1noc(-c2ccco2)n1. The van der Waals surface area contributed by atoms with Crippen LogP contribution in [0.3, 0.4) is 0 Å². The second kappa shape index (κ2) is 5.60. The summed E-state index contributed by atoms with van der Waals surface area (Å²) in [5.74, 6) is 2.06. The number of rotatable bonds is 4. The Hall–Kier alpha value is -1.92. The van der Waals surface area contributed by atoms with E-state index in [9.17, 15) is 0 Å². The van der Waals surface area contributed by atoms with Crippen molar-refractivity contribution in [2.75, 3.05) is 5.73 Å². The maximum atomic E-state index is 5.88. The largest absolute Gasteiger partial charge is 0.459 e. The summed E-state index contributed by atoms with van der Waals surface area (Å²) in [5, 5.41) is 4.52. The molecule has 0 aliphatic carbocycles. The molecule has 7 heteroatoms. The maximum absolute atomic E-state index is 5.88. The average Bonchev–Trinajstić information content (AvgIpc) is 3.08. The minimum Gasteiger partial charge on any atom is -0.459 e. The van der Waals surface area contributed by atoms with Gasteiger partial charge in [-0.25, -0.2) is 0 Å². The van der Waals surface area contributed by atoms with Gasteiger partial charge in [-0.1, -0.05) is 16.8 Å². The average molecular weight is 308 g/mol. The first-order chi connectivity index (χ1) is 9.72. The van der Waals surface area contributed by atoms with Gasteiger partial charge in [0.1, 0.15) is 0 Å². The van der Waals surface area contributed by atoms with Gasteiger partial charge in [0.15, 0.2) is 11.6 Å². The third kappa shape index (κ3) is 2.81. The van der Waals surface area contributed by atoms with Crippen molar-refractivity contribution < 1.29 is 8.94 Å². The van der Waals surface area contributed by atoms with E-state index in [1.54, 1.807) is 30.5 Å². The van der Waals surface area contributed by atoms with E-state index in [-0.39, 0.29) is 0 Å². The van der Waals surface area contributed by atoms with Crippen LogP contribution in [-0.4, -0.2) is 10.1 Å². The second-order valence-corrected chi connectivity index (χ2v) is 5.42. The fourth-order valence-electron chi connectivity index (χ4n) is 1.61. The van der Waals surface area contributed by atoms with Gasteiger partial charge in [-0.15, -0.1) is 11.8 Å². The number of anilines is 1. The fraction of sp³-hybridized carbons (Fsp3) is 0.0769. The molecular formula is C13H10ClN3O2S. The molecule has 0 saturated carbocycles. The first-order valence-electron chi connectivity index (χ1n) is 5.76. The van der Waals surface area contributed by atoms with Crippen LogP contribution in [0.15, 0.2) is 50.4 Å². The summed E-state index contributed by atoms with van der Waals surface area (Å²) in [6.07, 6.45) is 1.56. The molecule has 0 amide bonds. The highest BCUT2D eigenvalue weighted by Gasteiger charge is 2.11. The van der Waals surface area contributed by atoms with Crippen LogP contribution in [0.1, 0.15) is 5.82 Å². The van der Waals surface area contributed by atoms with Gasteiger partial charge < -0.3 is 14.7 Å². The molecule has 2 N–H and O–H groups in total. The number of aromatic nitrogens is 2. The van der Waals surface area contributed by atoms with Gasteiger partial charge in [0.05, 0.1) is 12.0 Å². The van der Waals surface area contributed by atoms with Gasteiger partial charge in [0.25, 0.3) is 5.89 Å². The van der Waals surface area contributed by atoms with Crippen LogP contribution in [0, 0.1) is 0 Å². The van der Waals surface area contributed by atoms with E-state index < -0.39 is 0 Å². The van der Waals surface area contributed by atoms with Crippen LogP contribution >= 0.6 is 23.4 Å². The molecule has 0 radical (unpaired) electrons. The summed E-state index contributed by atoms with van der Waals surface area (Å²) in [6.45, 7) is 0. The number of benzene rings is 1. The summed E-state index contributed by atoms with van der Waals surface area (Å²) >= 11 is 7.38. The van der Waals surface area contributed by atoms with E-state index in [1.807, 2.05) is 6.07 Å². The van der Waals surface area contributed by atoms with Gasteiger partial charge in [-0.05, 0) is 30.3 Å². The molecule has 3 aromatic rings. The monoisotopic (exact) mass is 307 g/mol. The number of hydrogen-bond donors (Lipinski definition) is 1. The van der Waals surface area contributed by atoms with Crippen LogP contribution in [0.4, 0.5) is 5.69 Å². The zero-order valence-corrected chi connectivity index (χ0v) is 11.8. The molecule has 0 aliphatic rings. The predicted molar refractivity (Wildman–Crippen MR) is 77.4 cm³/mol. The standard InChI is InChI=1S/C13H10ClN3O2S/c14-8-3-4-11(9(15)6-8)20-7-12-16-13(19-17-12)10-2-1-5-18-10/h1-6H,7,15H2. The van der Waals surface area contributed by atoms with Crippen molar-refractivity contribution in [1.29, 1.82) is 0 Å². The molecule has 102 valence electrons. The quantitative estimate of drug-likeness (QED) is 0.582. The minimum atomic E-state index is 0.370. The summed E-state index contributed by atoms with van der Waals surface area (Å²) in [6, 6.07) is 8.92. The second-order valence-electron chi connectivity index (χ2n) is 3.96. The van der Waals surface area contributed by atoms with E-state index >= 15 is 0 Å². The van der Waals surface area contributed by atoms with Crippen LogP contribution in [-0.2, 0) is 5.75 Å². The van der Waals surface area contributed by atoms with Crippen molar-refractivity contribution in [3.05, 3.63) is 47.4 Å². The van der Waals surface area contributed by atoms with Crippen molar-refractivity contribution in [2.24, 2.45) is 0 Å². The predicted octanol–water partition coefficient (Wildman–Crippen LogP) is 3.86. The van der Waals surface area contributed by atoms with Crippen LogP contribution in [0.25, 0.3) is 11.7 Å². The molecular weight excluding hydrogens is 298 g/mol. The molecule has 0 spiro atoms. The Bertz CT molecular complexity index is 712. The topological polar surface area (TPSA) is 78.1 Å². The van der Waals surface area contributed by atoms with E-state index in [2.05, 4.69) is 10.1 Å². The zero-order chi connectivity index (χ0) is 13.9. The third-order valence-electron chi connectivity index (χ3n) is 2.53. The lowest BCUT2D eigenvalue weighted by Crippen LogP contribution is -1.90. The Morgan fingerprint density at radius 3 is 2.95 bits per heavy atom. The van der Waals surface area contributed by atoms with Crippen LogP contribution in [0.5, 0.6) is 0 Å². The lowest BCUT2D eigenvalue weighted by Gasteiger charge is -2.03. The van der Waals surface area contributed by atoms with Crippen molar-refractivity contribution in [2.45, 2.75) is 10.6 Å². The lowest BCUT2D eigenvalue weighted by atomic mass is 10.3. The fourth-order valence-corrected chi connectivity index (χ4v) is 2.58. The number of halogens is 1. The minimum absolute atomic E-state index is 0.370. The molecule has 1 aromatic carbocycles. The molecule has 0 bridgehead atoms. The van der Waals surface area contributed by atoms with Crippen LogP contribution < -0.4 is 5.73 Å². The van der Waals surface area contributed by atoms with Crippen LogP contribution in [0.2, 0.25) is 5.02 Å². The summed E-state index contributed by atoms with van der Waals surface area (Å²) in [7, 11) is 0. The number of furan rings is 1. The number of thioether (sulfide) groups is 1. The van der Waals surface area contributed by atoms with Gasteiger partial charge in [0.2, 0.25) is 0 Å². The Morgan fingerprint density at radius 1 is 1.30 bits per heavy atom. The van der Waals surface area contributed by atoms with Crippen molar-refractivity contribution in [1.82, 2.24) is 10.1 Å². The van der Waals surface area contributed by atoms with E-state index in [1.165, 1.54) is 11.8 Å². The molecule has 5 nitrogen and oxygen atoms in total. The first kappa shape index (κ1) is 13.1. The lowest BCUT2D eigenvalue weighted by molar-refractivity contribution is 0.411. The number of nitrogen functional groups attached to an aromatic ring is 1. The molecule has 0 fully saturated rings. The van der Waals surface area contributed by atoms with Gasteiger partial charge in [-0.2, -0.15) is 4.98 Å². The van der Waals surface area contributed by atoms with Gasteiger partial charge >= 0.3 is 0 Å². The molecule has 0 saturated heterocycles. The molecule has 2 aromatic heterocycles. The number of nitrogens with two attached hydrogens (primary N) is 1.